The molecule has 0 spiro atoms. The van der Waals surface area contributed by atoms with Crippen LogP contribution in [0.2, 0.25) is 0 Å². The van der Waals surface area contributed by atoms with Crippen LogP contribution < -0.4 is 21.7 Å². The second kappa shape index (κ2) is 25.6. The number of likely N-dealkylation sites (N-methyl/N-ethyl adjacent to an activating group) is 2. The van der Waals surface area contributed by atoms with Crippen LogP contribution in [0.15, 0.2) is 42.0 Å². The summed E-state index contributed by atoms with van der Waals surface area (Å²) >= 11 is 0. The molecule has 0 bridgehead atoms. The molecule has 15 nitrogen and oxygen atoms in total. The number of ether oxygens (including phenoxy) is 1. The van der Waals surface area contributed by atoms with E-state index < -0.39 is 72.4 Å². The van der Waals surface area contributed by atoms with Gasteiger partial charge in [0, 0.05) is 32.1 Å². The van der Waals surface area contributed by atoms with Crippen LogP contribution in [0.25, 0.3) is 0 Å². The summed E-state index contributed by atoms with van der Waals surface area (Å²) in [5.41, 5.74) is 6.85. The van der Waals surface area contributed by atoms with E-state index in [2.05, 4.69) is 29.8 Å². The number of carbonyl (C=O) groups is 7. The fourth-order valence-corrected chi connectivity index (χ4v) is 6.58. The van der Waals surface area contributed by atoms with E-state index in [9.17, 15) is 38.7 Å². The maximum Gasteiger partial charge on any atom is 0.334 e. The summed E-state index contributed by atoms with van der Waals surface area (Å²) < 4.78 is 5.71. The monoisotopic (exact) mass is 829 g/mol. The summed E-state index contributed by atoms with van der Waals surface area (Å²) in [6.07, 6.45) is 3.44. The minimum Gasteiger partial charge on any atom is -0.480 e. The molecule has 6 N–H and O–H groups in total. The number of carboxylic acids is 1. The minimum absolute atomic E-state index is 0.0436. The molecule has 0 aliphatic heterocycles. The standard InChI is InChI=1S/C44H72N6O9/c1-13-27(5)37(48-39(52)31(9)45)29(7)19-18-20-30(8)44(58)59-35(23-26(3)4)40(53)46-32(10)41(54)50(12)34(24-33-21-16-15-17-22-33)42(55)49(11)25-36(51)47-38(43(56)57)28(6)14-2/h15-17,20-22,26-29,31-32,34-35,37-38H,13-14,18-19,23-25,45H2,1-12H3,(H,46,53)(H,47,51)(H,48,52)(H,56,57)/b30-20+. The van der Waals surface area contributed by atoms with Gasteiger partial charge in [-0.1, -0.05) is 97.7 Å². The van der Waals surface area contributed by atoms with Crippen LogP contribution in [0.1, 0.15) is 107 Å². The second-order valence-corrected chi connectivity index (χ2v) is 16.5. The van der Waals surface area contributed by atoms with Crippen LogP contribution in [0.4, 0.5) is 0 Å². The molecule has 1 rings (SSSR count). The Morgan fingerprint density at radius 2 is 1.41 bits per heavy atom. The molecule has 15 heteroatoms. The highest BCUT2D eigenvalue weighted by Crippen LogP contribution is 2.22. The Bertz CT molecular complexity index is 1580. The Morgan fingerprint density at radius 1 is 0.814 bits per heavy atom. The number of esters is 1. The fraction of sp³-hybridized carbons (Fsp3) is 0.659. The molecule has 0 heterocycles. The lowest BCUT2D eigenvalue weighted by Gasteiger charge is -2.33. The van der Waals surface area contributed by atoms with Crippen LogP contribution in [0, 0.1) is 23.7 Å². The van der Waals surface area contributed by atoms with Crippen LogP contribution >= 0.6 is 0 Å². The number of nitrogens with zero attached hydrogens (tertiary/aromatic N) is 2. The van der Waals surface area contributed by atoms with Crippen molar-refractivity contribution >= 4 is 41.5 Å². The molecule has 59 heavy (non-hydrogen) atoms. The summed E-state index contributed by atoms with van der Waals surface area (Å²) in [7, 11) is 2.84. The number of hydrogen-bond acceptors (Lipinski definition) is 9. The first-order chi connectivity index (χ1) is 27.5. The van der Waals surface area contributed by atoms with E-state index in [1.54, 1.807) is 51.1 Å². The van der Waals surface area contributed by atoms with E-state index in [4.69, 9.17) is 10.5 Å². The molecule has 332 valence electrons. The number of allylic oxidation sites excluding steroid dienone is 1. The summed E-state index contributed by atoms with van der Waals surface area (Å²) in [4.78, 5) is 94.1. The van der Waals surface area contributed by atoms with Crippen molar-refractivity contribution in [2.75, 3.05) is 20.6 Å². The van der Waals surface area contributed by atoms with Crippen LogP contribution in [-0.4, -0.2) is 113 Å². The van der Waals surface area contributed by atoms with Gasteiger partial charge in [-0.15, -0.1) is 0 Å². The average Bonchev–Trinajstić information content (AvgIpc) is 3.18. The molecule has 0 aliphatic rings. The second-order valence-electron chi connectivity index (χ2n) is 16.5. The van der Waals surface area contributed by atoms with E-state index in [1.807, 2.05) is 33.8 Å². The molecule has 0 saturated carbocycles. The summed E-state index contributed by atoms with van der Waals surface area (Å²) in [6, 6.07) is 4.93. The number of hydrogen-bond donors (Lipinski definition) is 5. The van der Waals surface area contributed by atoms with Gasteiger partial charge in [0.2, 0.25) is 23.6 Å². The largest absolute Gasteiger partial charge is 0.480 e. The number of rotatable bonds is 25. The zero-order chi connectivity index (χ0) is 45.1. The van der Waals surface area contributed by atoms with Gasteiger partial charge in [-0.2, -0.15) is 0 Å². The molecular weight excluding hydrogens is 757 g/mol. The highest BCUT2D eigenvalue weighted by Gasteiger charge is 2.35. The summed E-state index contributed by atoms with van der Waals surface area (Å²) in [6.45, 7) is 17.7. The van der Waals surface area contributed by atoms with Crippen molar-refractivity contribution < 1.29 is 43.4 Å². The zero-order valence-corrected chi connectivity index (χ0v) is 37.4. The van der Waals surface area contributed by atoms with Gasteiger partial charge in [-0.05, 0) is 69.3 Å². The smallest absolute Gasteiger partial charge is 0.334 e. The number of nitrogens with one attached hydrogen (secondary N) is 3. The van der Waals surface area contributed by atoms with Gasteiger partial charge in [0.25, 0.3) is 5.91 Å². The number of nitrogens with two attached hydrogens (primary N) is 1. The zero-order valence-electron chi connectivity index (χ0n) is 37.4. The molecule has 1 aromatic carbocycles. The predicted octanol–water partition coefficient (Wildman–Crippen LogP) is 3.83. The first-order valence-electron chi connectivity index (χ1n) is 20.9. The van der Waals surface area contributed by atoms with Gasteiger partial charge in [0.1, 0.15) is 18.1 Å². The molecule has 5 amide bonds. The Hall–Kier alpha value is -4.79. The van der Waals surface area contributed by atoms with Gasteiger partial charge < -0.3 is 41.3 Å². The molecule has 0 radical (unpaired) electrons. The number of benzene rings is 1. The van der Waals surface area contributed by atoms with Gasteiger partial charge in [0.05, 0.1) is 12.6 Å². The highest BCUT2D eigenvalue weighted by atomic mass is 16.5. The van der Waals surface area contributed by atoms with E-state index in [1.165, 1.54) is 25.9 Å². The summed E-state index contributed by atoms with van der Waals surface area (Å²) in [5, 5.41) is 17.9. The van der Waals surface area contributed by atoms with Crippen molar-refractivity contribution in [2.45, 2.75) is 144 Å². The average molecular weight is 829 g/mol. The molecule has 0 saturated heterocycles. The lowest BCUT2D eigenvalue weighted by molar-refractivity contribution is -0.154. The van der Waals surface area contributed by atoms with Crippen LogP contribution in [0.3, 0.4) is 0 Å². The lowest BCUT2D eigenvalue weighted by atomic mass is 9.85. The quantitative estimate of drug-likeness (QED) is 0.0709. The maximum atomic E-state index is 13.9. The molecule has 9 atom stereocenters. The normalized spacial score (nSPS) is 16.2. The first-order valence-corrected chi connectivity index (χ1v) is 20.9. The number of carboxylic acid groups (broad SMARTS) is 1. The van der Waals surface area contributed by atoms with Crippen molar-refractivity contribution in [2.24, 2.45) is 29.4 Å². The molecular formula is C44H72N6O9. The van der Waals surface area contributed by atoms with E-state index >= 15 is 0 Å². The summed E-state index contributed by atoms with van der Waals surface area (Å²) in [5.74, 6) is -4.63. The third kappa shape index (κ3) is 17.5. The Balaban J connectivity index is 3.13. The fourth-order valence-electron chi connectivity index (χ4n) is 6.58. The third-order valence-corrected chi connectivity index (χ3v) is 10.9. The van der Waals surface area contributed by atoms with E-state index in [-0.39, 0.29) is 48.5 Å². The van der Waals surface area contributed by atoms with Gasteiger partial charge in [0.15, 0.2) is 6.10 Å². The number of amides is 5. The first kappa shape index (κ1) is 52.2. The topological polar surface area (TPSA) is 218 Å². The number of carbonyl (C=O) groups excluding carboxylic acids is 6. The molecule has 1 aromatic rings. The van der Waals surface area contributed by atoms with Crippen LogP contribution in [0.5, 0.6) is 0 Å². The number of aliphatic carboxylic acids is 1. The predicted molar refractivity (Wildman–Crippen MR) is 227 cm³/mol. The Morgan fingerprint density at radius 3 is 1.93 bits per heavy atom. The Labute approximate surface area is 351 Å². The molecule has 0 aromatic heterocycles. The lowest BCUT2D eigenvalue weighted by Crippen LogP contribution is -2.56. The van der Waals surface area contributed by atoms with Gasteiger partial charge in [-0.3, -0.25) is 24.0 Å². The van der Waals surface area contributed by atoms with Crippen molar-refractivity contribution in [1.29, 1.82) is 0 Å². The van der Waals surface area contributed by atoms with Crippen molar-refractivity contribution in [1.82, 2.24) is 25.8 Å². The highest BCUT2D eigenvalue weighted by molar-refractivity contribution is 5.95. The van der Waals surface area contributed by atoms with Crippen molar-refractivity contribution in [3.05, 3.63) is 47.5 Å². The molecule has 0 aliphatic carbocycles. The maximum absolute atomic E-state index is 13.9. The van der Waals surface area contributed by atoms with Gasteiger partial charge >= 0.3 is 11.9 Å². The van der Waals surface area contributed by atoms with E-state index in [0.717, 1.165) is 16.9 Å². The van der Waals surface area contributed by atoms with Crippen LogP contribution in [-0.2, 0) is 44.7 Å². The van der Waals surface area contributed by atoms with Gasteiger partial charge in [-0.25, -0.2) is 9.59 Å². The third-order valence-electron chi connectivity index (χ3n) is 10.9. The molecule has 9 unspecified atom stereocenters. The van der Waals surface area contributed by atoms with Crippen molar-refractivity contribution in [3.63, 3.8) is 0 Å². The SMILES string of the molecule is CCC(C)C(NC(=O)CN(C)C(=O)C(Cc1ccccc1)N(C)C(=O)C(C)NC(=O)C(CC(C)C)OC(=O)/C(C)=C/CCC(C)C(NC(=O)C(C)N)C(C)CC)C(=O)O. The molecule has 0 fully saturated rings. The Kier molecular flexibility index (Phi) is 22.7. The minimum atomic E-state index is -1.20. The van der Waals surface area contributed by atoms with Crippen molar-refractivity contribution in [3.8, 4) is 0 Å². The van der Waals surface area contributed by atoms with E-state index in [0.29, 0.717) is 24.8 Å².